The Balaban J connectivity index is 1.69. The number of aliphatic hydroxyl groups is 1. The maximum atomic E-state index is 14.0. The molecule has 3 aromatic rings. The van der Waals surface area contributed by atoms with Crippen LogP contribution in [0.3, 0.4) is 0 Å². The van der Waals surface area contributed by atoms with Gasteiger partial charge in [-0.1, -0.05) is 49.1 Å². The van der Waals surface area contributed by atoms with Crippen LogP contribution in [0, 0.1) is 23.6 Å². The molecule has 2 aromatic carbocycles. The first kappa shape index (κ1) is 28.2. The second-order valence-corrected chi connectivity index (χ2v) is 11.6. The fourth-order valence-corrected chi connectivity index (χ4v) is 5.42. The van der Waals surface area contributed by atoms with Gasteiger partial charge in [0.15, 0.2) is 0 Å². The van der Waals surface area contributed by atoms with E-state index < -0.39 is 33.9 Å². The Morgan fingerprint density at radius 2 is 1.87 bits per heavy atom. The molecule has 0 aliphatic carbocycles. The van der Waals surface area contributed by atoms with Gasteiger partial charge in [0.25, 0.3) is 5.91 Å². The van der Waals surface area contributed by atoms with Gasteiger partial charge in [-0.15, -0.1) is 0 Å². The van der Waals surface area contributed by atoms with Crippen LogP contribution in [0.4, 0.5) is 4.39 Å². The van der Waals surface area contributed by atoms with Crippen LogP contribution in [-0.2, 0) is 10.0 Å². The lowest BCUT2D eigenvalue weighted by Crippen LogP contribution is -2.50. The molecule has 0 bridgehead atoms. The second kappa shape index (κ2) is 11.9. The number of rotatable bonds is 6. The Kier molecular flexibility index (Phi) is 8.65. The summed E-state index contributed by atoms with van der Waals surface area (Å²) in [6, 6.07) is 15.2. The van der Waals surface area contributed by atoms with Gasteiger partial charge >= 0.3 is 0 Å². The van der Waals surface area contributed by atoms with E-state index >= 15 is 0 Å². The SMILES string of the molecule is C[C@@H]1CN([C@H](C)CO)C(=O)c2cc(C#Cc3ccccc3F)cnc2O[C@H]1CN(C)S(=O)(=O)c1ccccc1. The van der Waals surface area contributed by atoms with Crippen LogP contribution < -0.4 is 4.74 Å². The molecule has 10 heteroatoms. The Morgan fingerprint density at radius 3 is 2.56 bits per heavy atom. The summed E-state index contributed by atoms with van der Waals surface area (Å²) in [5.41, 5.74) is 0.708. The third kappa shape index (κ3) is 6.28. The average Bonchev–Trinajstić information content (AvgIpc) is 2.94. The third-order valence-electron chi connectivity index (χ3n) is 6.62. The number of carbonyl (C=O) groups excluding carboxylic acids is 1. The highest BCUT2D eigenvalue weighted by Gasteiger charge is 2.35. The summed E-state index contributed by atoms with van der Waals surface area (Å²) in [7, 11) is -2.31. The van der Waals surface area contributed by atoms with Crippen LogP contribution in [0.2, 0.25) is 0 Å². The zero-order chi connectivity index (χ0) is 28.2. The molecule has 1 amide bonds. The molecule has 39 heavy (non-hydrogen) atoms. The number of hydrogen-bond donors (Lipinski definition) is 1. The minimum atomic E-state index is -3.79. The van der Waals surface area contributed by atoms with Crippen molar-refractivity contribution in [3.05, 3.63) is 89.4 Å². The lowest BCUT2D eigenvalue weighted by atomic mass is 10.0. The lowest BCUT2D eigenvalue weighted by molar-refractivity contribution is 0.0373. The van der Waals surface area contributed by atoms with Gasteiger partial charge in [0, 0.05) is 31.3 Å². The topological polar surface area (TPSA) is 100 Å². The third-order valence-corrected chi connectivity index (χ3v) is 8.46. The van der Waals surface area contributed by atoms with E-state index in [1.54, 1.807) is 43.3 Å². The van der Waals surface area contributed by atoms with E-state index in [0.29, 0.717) is 5.56 Å². The summed E-state index contributed by atoms with van der Waals surface area (Å²) in [6.07, 6.45) is 0.768. The summed E-state index contributed by atoms with van der Waals surface area (Å²) >= 11 is 0. The first-order valence-corrected chi connectivity index (χ1v) is 13.9. The zero-order valence-corrected chi connectivity index (χ0v) is 22.7. The average molecular weight is 552 g/mol. The predicted octanol–water partition coefficient (Wildman–Crippen LogP) is 3.16. The lowest BCUT2D eigenvalue weighted by Gasteiger charge is -2.37. The van der Waals surface area contributed by atoms with E-state index in [0.717, 1.165) is 0 Å². The summed E-state index contributed by atoms with van der Waals surface area (Å²) < 4.78 is 47.7. The monoisotopic (exact) mass is 551 g/mol. The molecule has 0 fully saturated rings. The largest absolute Gasteiger partial charge is 0.472 e. The molecule has 0 radical (unpaired) electrons. The number of ether oxygens (including phenoxy) is 1. The minimum absolute atomic E-state index is 0.00386. The van der Waals surface area contributed by atoms with Gasteiger partial charge in [-0.2, -0.15) is 4.31 Å². The number of nitrogens with zero attached hydrogens (tertiary/aromatic N) is 3. The predicted molar refractivity (Wildman–Crippen MR) is 144 cm³/mol. The van der Waals surface area contributed by atoms with Crippen LogP contribution in [0.25, 0.3) is 0 Å². The van der Waals surface area contributed by atoms with Crippen molar-refractivity contribution in [3.8, 4) is 17.7 Å². The highest BCUT2D eigenvalue weighted by Crippen LogP contribution is 2.28. The van der Waals surface area contributed by atoms with E-state index in [9.17, 15) is 22.7 Å². The Morgan fingerprint density at radius 1 is 1.18 bits per heavy atom. The molecule has 204 valence electrons. The number of carbonyl (C=O) groups is 1. The molecule has 8 nitrogen and oxygen atoms in total. The van der Waals surface area contributed by atoms with Crippen molar-refractivity contribution in [3.63, 3.8) is 0 Å². The number of aromatic nitrogens is 1. The fraction of sp³-hybridized carbons (Fsp3) is 0.310. The molecule has 4 rings (SSSR count). The normalized spacial score (nSPS) is 18.3. The second-order valence-electron chi connectivity index (χ2n) is 9.53. The maximum Gasteiger partial charge on any atom is 0.259 e. The smallest absolute Gasteiger partial charge is 0.259 e. The fourth-order valence-electron chi connectivity index (χ4n) is 4.21. The molecule has 0 unspecified atom stereocenters. The maximum absolute atomic E-state index is 14.0. The zero-order valence-electron chi connectivity index (χ0n) is 21.9. The number of benzene rings is 2. The van der Waals surface area contributed by atoms with Crippen molar-refractivity contribution in [2.75, 3.05) is 26.7 Å². The van der Waals surface area contributed by atoms with Gasteiger partial charge in [-0.05, 0) is 37.3 Å². The quantitative estimate of drug-likeness (QED) is 0.473. The molecular formula is C29H30FN3O5S. The first-order valence-electron chi connectivity index (χ1n) is 12.5. The number of aliphatic hydroxyl groups excluding tert-OH is 1. The van der Waals surface area contributed by atoms with Crippen molar-refractivity contribution in [2.24, 2.45) is 5.92 Å². The van der Waals surface area contributed by atoms with Crippen LogP contribution in [-0.4, -0.2) is 72.5 Å². The van der Waals surface area contributed by atoms with Gasteiger partial charge < -0.3 is 14.7 Å². The number of fused-ring (bicyclic) bond motifs is 1. The van der Waals surface area contributed by atoms with Gasteiger partial charge in [-0.3, -0.25) is 4.79 Å². The number of likely N-dealkylation sites (N-methyl/N-ethyl adjacent to an activating group) is 1. The van der Waals surface area contributed by atoms with Crippen molar-refractivity contribution in [1.82, 2.24) is 14.2 Å². The Hall–Kier alpha value is -3.78. The molecule has 2 heterocycles. The van der Waals surface area contributed by atoms with Crippen molar-refractivity contribution < 1.29 is 27.4 Å². The minimum Gasteiger partial charge on any atom is -0.472 e. The number of halogens is 1. The first-order chi connectivity index (χ1) is 18.6. The highest BCUT2D eigenvalue weighted by molar-refractivity contribution is 7.89. The van der Waals surface area contributed by atoms with Gasteiger partial charge in [0.05, 0.1) is 29.7 Å². The van der Waals surface area contributed by atoms with Crippen LogP contribution in [0.1, 0.15) is 35.3 Å². The van der Waals surface area contributed by atoms with Crippen LogP contribution in [0.15, 0.2) is 71.8 Å². The van der Waals surface area contributed by atoms with Gasteiger partial charge in [-0.25, -0.2) is 17.8 Å². The molecule has 1 N–H and O–H groups in total. The van der Waals surface area contributed by atoms with Crippen molar-refractivity contribution >= 4 is 15.9 Å². The molecule has 0 spiro atoms. The number of sulfonamides is 1. The molecule has 1 aromatic heterocycles. The number of pyridine rings is 1. The summed E-state index contributed by atoms with van der Waals surface area (Å²) in [5.74, 6) is 4.47. The Labute approximate surface area is 228 Å². The number of hydrogen-bond acceptors (Lipinski definition) is 6. The van der Waals surface area contributed by atoms with Crippen molar-refractivity contribution in [2.45, 2.75) is 30.9 Å². The Bertz CT molecular complexity index is 1500. The molecule has 1 aliphatic heterocycles. The standard InChI is InChI=1S/C29H30FN3O5S/c1-20-17-33(21(2)19-34)29(35)25-15-22(13-14-23-9-7-8-12-26(23)30)16-31-28(25)38-27(20)18-32(3)39(36,37)24-10-5-4-6-11-24/h4-12,15-16,20-21,27,34H,17-19H2,1-3H3/t20-,21-,27+/m1/s1. The van der Waals surface area contributed by atoms with Crippen LogP contribution >= 0.6 is 0 Å². The highest BCUT2D eigenvalue weighted by atomic mass is 32.2. The van der Waals surface area contributed by atoms with E-state index in [4.69, 9.17) is 4.74 Å². The van der Waals surface area contributed by atoms with E-state index in [-0.39, 0.29) is 47.5 Å². The van der Waals surface area contributed by atoms with Gasteiger partial charge in [0.2, 0.25) is 15.9 Å². The summed E-state index contributed by atoms with van der Waals surface area (Å²) in [5, 5.41) is 9.85. The summed E-state index contributed by atoms with van der Waals surface area (Å²) in [6.45, 7) is 3.54. The van der Waals surface area contributed by atoms with E-state index in [1.165, 1.54) is 46.7 Å². The molecule has 0 saturated heterocycles. The van der Waals surface area contributed by atoms with E-state index in [2.05, 4.69) is 16.8 Å². The molecule has 0 saturated carbocycles. The number of amides is 1. The van der Waals surface area contributed by atoms with E-state index in [1.807, 2.05) is 6.92 Å². The molecular weight excluding hydrogens is 521 g/mol. The molecule has 3 atom stereocenters. The van der Waals surface area contributed by atoms with Crippen LogP contribution in [0.5, 0.6) is 5.88 Å². The van der Waals surface area contributed by atoms with Gasteiger partial charge in [0.1, 0.15) is 17.5 Å². The molecule has 1 aliphatic rings. The van der Waals surface area contributed by atoms with Crippen molar-refractivity contribution in [1.29, 1.82) is 0 Å². The summed E-state index contributed by atoms with van der Waals surface area (Å²) in [4.78, 5) is 19.6.